The van der Waals surface area contributed by atoms with Gasteiger partial charge in [0.2, 0.25) is 0 Å². The van der Waals surface area contributed by atoms with E-state index in [2.05, 4.69) is 10.3 Å². The summed E-state index contributed by atoms with van der Waals surface area (Å²) < 4.78 is 10.5. The molecule has 0 aliphatic carbocycles. The van der Waals surface area contributed by atoms with Gasteiger partial charge in [0.15, 0.2) is 12.2 Å². The van der Waals surface area contributed by atoms with E-state index >= 15 is 0 Å². The largest absolute Gasteiger partial charge is 0.467 e. The average molecular weight is 270 g/mol. The predicted octanol–water partition coefficient (Wildman–Crippen LogP) is 3.04. The minimum absolute atomic E-state index is 0.0632. The first kappa shape index (κ1) is 12.5. The number of anilines is 1. The van der Waals surface area contributed by atoms with Crippen LogP contribution in [-0.4, -0.2) is 10.1 Å². The molecular formula is C15H14N2O3. The number of rotatable bonds is 5. The second kappa shape index (κ2) is 5.63. The summed E-state index contributed by atoms with van der Waals surface area (Å²) in [6.07, 6.45) is 4.65. The number of hydrogen-bond acceptors (Lipinski definition) is 5. The Morgan fingerprint density at radius 2 is 2.15 bits per heavy atom. The van der Waals surface area contributed by atoms with Gasteiger partial charge in [0.1, 0.15) is 5.76 Å². The Kier molecular flexibility index (Phi) is 3.52. The lowest BCUT2D eigenvalue weighted by molar-refractivity contribution is 0.282. The standard InChI is InChI=1S/C15H14N2O3/c18-9-11-6-12(17-7-13-2-1-5-19-13)3-4-14(11)15-8-16-10-20-15/h1-6,8,10,17-18H,7,9H2. The molecule has 3 aromatic rings. The van der Waals surface area contributed by atoms with Gasteiger partial charge in [-0.2, -0.15) is 0 Å². The fourth-order valence-corrected chi connectivity index (χ4v) is 2.03. The summed E-state index contributed by atoms with van der Waals surface area (Å²) in [4.78, 5) is 3.89. The van der Waals surface area contributed by atoms with Gasteiger partial charge in [0.05, 0.1) is 25.6 Å². The third kappa shape index (κ3) is 2.57. The van der Waals surface area contributed by atoms with Crippen LogP contribution in [0.1, 0.15) is 11.3 Å². The Morgan fingerprint density at radius 3 is 2.85 bits per heavy atom. The van der Waals surface area contributed by atoms with Gasteiger partial charge in [-0.3, -0.25) is 0 Å². The van der Waals surface area contributed by atoms with Crippen molar-refractivity contribution in [3.8, 4) is 11.3 Å². The fourth-order valence-electron chi connectivity index (χ4n) is 2.03. The Bertz CT molecular complexity index is 661. The molecular weight excluding hydrogens is 256 g/mol. The van der Waals surface area contributed by atoms with Gasteiger partial charge in [-0.25, -0.2) is 4.98 Å². The molecule has 2 heterocycles. The summed E-state index contributed by atoms with van der Waals surface area (Å²) in [6.45, 7) is 0.534. The molecule has 0 bridgehead atoms. The van der Waals surface area contributed by atoms with Crippen LogP contribution >= 0.6 is 0 Å². The number of aliphatic hydroxyl groups excluding tert-OH is 1. The first-order chi connectivity index (χ1) is 9.86. The average Bonchev–Trinajstić information content (AvgIpc) is 3.18. The highest BCUT2D eigenvalue weighted by Gasteiger charge is 2.08. The van der Waals surface area contributed by atoms with E-state index in [0.717, 1.165) is 22.6 Å². The van der Waals surface area contributed by atoms with Crippen molar-refractivity contribution in [1.82, 2.24) is 4.98 Å². The van der Waals surface area contributed by atoms with Crippen LogP contribution in [0.3, 0.4) is 0 Å². The van der Waals surface area contributed by atoms with E-state index in [1.54, 1.807) is 12.5 Å². The van der Waals surface area contributed by atoms with E-state index in [0.29, 0.717) is 12.3 Å². The smallest absolute Gasteiger partial charge is 0.181 e. The summed E-state index contributed by atoms with van der Waals surface area (Å²) in [7, 11) is 0. The van der Waals surface area contributed by atoms with E-state index in [1.807, 2.05) is 30.3 Å². The molecule has 0 saturated heterocycles. The Balaban J connectivity index is 1.80. The monoisotopic (exact) mass is 270 g/mol. The number of nitrogens with one attached hydrogen (secondary N) is 1. The van der Waals surface area contributed by atoms with Crippen LogP contribution in [-0.2, 0) is 13.2 Å². The molecule has 0 atom stereocenters. The molecule has 0 unspecified atom stereocenters. The molecule has 1 aromatic carbocycles. The Labute approximate surface area is 115 Å². The second-order valence-corrected chi connectivity index (χ2v) is 4.33. The zero-order chi connectivity index (χ0) is 13.8. The zero-order valence-corrected chi connectivity index (χ0v) is 10.7. The summed E-state index contributed by atoms with van der Waals surface area (Å²) in [5, 5.41) is 12.7. The minimum atomic E-state index is -0.0632. The fraction of sp³-hybridized carbons (Fsp3) is 0.133. The van der Waals surface area contributed by atoms with Crippen molar-refractivity contribution in [3.63, 3.8) is 0 Å². The summed E-state index contributed by atoms with van der Waals surface area (Å²) >= 11 is 0. The lowest BCUT2D eigenvalue weighted by atomic mass is 10.1. The topological polar surface area (TPSA) is 71.4 Å². The van der Waals surface area contributed by atoms with Crippen molar-refractivity contribution in [2.75, 3.05) is 5.32 Å². The van der Waals surface area contributed by atoms with Gasteiger partial charge in [0, 0.05) is 11.3 Å². The molecule has 2 N–H and O–H groups in total. The van der Waals surface area contributed by atoms with E-state index < -0.39 is 0 Å². The highest BCUT2D eigenvalue weighted by molar-refractivity contribution is 5.65. The van der Waals surface area contributed by atoms with Crippen LogP contribution < -0.4 is 5.32 Å². The van der Waals surface area contributed by atoms with Crippen molar-refractivity contribution in [2.24, 2.45) is 0 Å². The number of furan rings is 1. The van der Waals surface area contributed by atoms with Gasteiger partial charge >= 0.3 is 0 Å². The number of benzene rings is 1. The minimum Gasteiger partial charge on any atom is -0.467 e. The van der Waals surface area contributed by atoms with Gasteiger partial charge < -0.3 is 19.3 Å². The van der Waals surface area contributed by atoms with Crippen molar-refractivity contribution < 1.29 is 13.9 Å². The predicted molar refractivity (Wildman–Crippen MR) is 73.9 cm³/mol. The van der Waals surface area contributed by atoms with Gasteiger partial charge in [-0.05, 0) is 35.9 Å². The maximum atomic E-state index is 9.49. The van der Waals surface area contributed by atoms with E-state index in [1.165, 1.54) is 6.39 Å². The Morgan fingerprint density at radius 1 is 1.20 bits per heavy atom. The van der Waals surface area contributed by atoms with E-state index in [-0.39, 0.29) is 6.61 Å². The molecule has 2 aromatic heterocycles. The van der Waals surface area contributed by atoms with E-state index in [9.17, 15) is 5.11 Å². The summed E-state index contributed by atoms with van der Waals surface area (Å²) in [5.74, 6) is 1.50. The van der Waals surface area contributed by atoms with Gasteiger partial charge in [-0.15, -0.1) is 0 Å². The molecule has 5 nitrogen and oxygen atoms in total. The van der Waals surface area contributed by atoms with Gasteiger partial charge in [0.25, 0.3) is 0 Å². The molecule has 0 aliphatic rings. The number of aliphatic hydroxyl groups is 1. The normalized spacial score (nSPS) is 10.7. The quantitative estimate of drug-likeness (QED) is 0.745. The molecule has 20 heavy (non-hydrogen) atoms. The molecule has 5 heteroatoms. The highest BCUT2D eigenvalue weighted by atomic mass is 16.3. The van der Waals surface area contributed by atoms with Crippen LogP contribution in [0.25, 0.3) is 11.3 Å². The zero-order valence-electron chi connectivity index (χ0n) is 10.7. The molecule has 0 amide bonds. The van der Waals surface area contributed by atoms with Crippen LogP contribution in [0.5, 0.6) is 0 Å². The lowest BCUT2D eigenvalue weighted by Gasteiger charge is -2.09. The van der Waals surface area contributed by atoms with Crippen molar-refractivity contribution in [2.45, 2.75) is 13.2 Å². The number of oxazole rings is 1. The molecule has 102 valence electrons. The maximum Gasteiger partial charge on any atom is 0.181 e. The lowest BCUT2D eigenvalue weighted by Crippen LogP contribution is -1.99. The third-order valence-corrected chi connectivity index (χ3v) is 3.02. The SMILES string of the molecule is OCc1cc(NCc2ccco2)ccc1-c1cnco1. The number of nitrogens with zero attached hydrogens (tertiary/aromatic N) is 1. The molecule has 3 rings (SSSR count). The van der Waals surface area contributed by atoms with Crippen LogP contribution in [0.4, 0.5) is 5.69 Å². The Hall–Kier alpha value is -2.53. The van der Waals surface area contributed by atoms with Crippen molar-refractivity contribution in [3.05, 3.63) is 60.5 Å². The molecule has 0 radical (unpaired) electrons. The summed E-state index contributed by atoms with van der Waals surface area (Å²) in [6, 6.07) is 9.48. The van der Waals surface area contributed by atoms with Crippen LogP contribution in [0.15, 0.2) is 58.0 Å². The first-order valence-electron chi connectivity index (χ1n) is 6.25. The highest BCUT2D eigenvalue weighted by Crippen LogP contribution is 2.26. The van der Waals surface area contributed by atoms with Crippen LogP contribution in [0, 0.1) is 0 Å². The molecule has 0 saturated carbocycles. The maximum absolute atomic E-state index is 9.49. The number of aromatic nitrogens is 1. The molecule has 0 aliphatic heterocycles. The number of hydrogen-bond donors (Lipinski definition) is 2. The van der Waals surface area contributed by atoms with E-state index in [4.69, 9.17) is 8.83 Å². The van der Waals surface area contributed by atoms with Gasteiger partial charge in [-0.1, -0.05) is 0 Å². The first-order valence-corrected chi connectivity index (χ1v) is 6.25. The second-order valence-electron chi connectivity index (χ2n) is 4.33. The third-order valence-electron chi connectivity index (χ3n) is 3.02. The molecule has 0 fully saturated rings. The van der Waals surface area contributed by atoms with Crippen molar-refractivity contribution in [1.29, 1.82) is 0 Å². The summed E-state index contributed by atoms with van der Waals surface area (Å²) in [5.41, 5.74) is 2.54. The molecule has 0 spiro atoms. The van der Waals surface area contributed by atoms with Crippen LogP contribution in [0.2, 0.25) is 0 Å². The van der Waals surface area contributed by atoms with Crippen molar-refractivity contribution >= 4 is 5.69 Å².